The Labute approximate surface area is 118 Å². The fourth-order valence-electron chi connectivity index (χ4n) is 2.93. The third-order valence-electron chi connectivity index (χ3n) is 4.41. The molecule has 0 aromatic carbocycles. The van der Waals surface area contributed by atoms with Gasteiger partial charge in [-0.15, -0.1) is 0 Å². The Balaban J connectivity index is 2.69. The van der Waals surface area contributed by atoms with Crippen LogP contribution in [0.1, 0.15) is 39.5 Å². The molecule has 1 aliphatic heterocycles. The molecule has 0 aromatic rings. The zero-order valence-electron chi connectivity index (χ0n) is 12.6. The van der Waals surface area contributed by atoms with Gasteiger partial charge >= 0.3 is 0 Å². The fourth-order valence-corrected chi connectivity index (χ4v) is 3.76. The molecule has 5 nitrogen and oxygen atoms in total. The molecule has 1 aliphatic rings. The number of hydrogen-bond donors (Lipinski definition) is 1. The highest BCUT2D eigenvalue weighted by molar-refractivity contribution is 7.88. The minimum atomic E-state index is -3.05. The van der Waals surface area contributed by atoms with Gasteiger partial charge in [-0.05, 0) is 12.8 Å². The van der Waals surface area contributed by atoms with Gasteiger partial charge in [-0.25, -0.2) is 8.42 Å². The maximum absolute atomic E-state index is 11.5. The highest BCUT2D eigenvalue weighted by atomic mass is 32.2. The van der Waals surface area contributed by atoms with Crippen molar-refractivity contribution in [2.45, 2.75) is 45.1 Å². The predicted molar refractivity (Wildman–Crippen MR) is 79.6 cm³/mol. The quantitative estimate of drug-likeness (QED) is 0.755. The summed E-state index contributed by atoms with van der Waals surface area (Å²) in [6.07, 6.45) is 5.77. The number of sulfonamides is 1. The molecule has 1 atom stereocenters. The van der Waals surface area contributed by atoms with Crippen molar-refractivity contribution in [1.82, 2.24) is 9.21 Å². The lowest BCUT2D eigenvalue weighted by atomic mass is 9.87. The van der Waals surface area contributed by atoms with Crippen LogP contribution >= 0.6 is 0 Å². The molecule has 6 heteroatoms. The van der Waals surface area contributed by atoms with E-state index in [2.05, 4.69) is 18.7 Å². The fraction of sp³-hybridized carbons (Fsp3) is 1.00. The normalized spacial score (nSPS) is 22.3. The molecule has 1 unspecified atom stereocenters. The second-order valence-electron chi connectivity index (χ2n) is 5.53. The van der Waals surface area contributed by atoms with Crippen molar-refractivity contribution in [3.63, 3.8) is 0 Å². The van der Waals surface area contributed by atoms with Crippen LogP contribution in [0.15, 0.2) is 0 Å². The Bertz CT molecular complexity index is 358. The van der Waals surface area contributed by atoms with Gasteiger partial charge < -0.3 is 5.73 Å². The Morgan fingerprint density at radius 1 is 1.16 bits per heavy atom. The summed E-state index contributed by atoms with van der Waals surface area (Å²) >= 11 is 0. The van der Waals surface area contributed by atoms with Crippen molar-refractivity contribution in [1.29, 1.82) is 0 Å². The first kappa shape index (κ1) is 16.9. The highest BCUT2D eigenvalue weighted by Crippen LogP contribution is 2.27. The Hall–Kier alpha value is -0.170. The molecule has 0 spiro atoms. The van der Waals surface area contributed by atoms with E-state index in [1.165, 1.54) is 19.1 Å². The first-order chi connectivity index (χ1) is 8.89. The van der Waals surface area contributed by atoms with Crippen molar-refractivity contribution in [2.24, 2.45) is 5.73 Å². The number of hydrogen-bond acceptors (Lipinski definition) is 4. The highest BCUT2D eigenvalue weighted by Gasteiger charge is 2.36. The van der Waals surface area contributed by atoms with Gasteiger partial charge in [0.05, 0.1) is 6.26 Å². The van der Waals surface area contributed by atoms with Gasteiger partial charge in [0.25, 0.3) is 0 Å². The first-order valence-electron chi connectivity index (χ1n) is 7.30. The number of nitrogens with two attached hydrogens (primary N) is 1. The van der Waals surface area contributed by atoms with Crippen LogP contribution in [0.5, 0.6) is 0 Å². The zero-order valence-corrected chi connectivity index (χ0v) is 13.4. The summed E-state index contributed by atoms with van der Waals surface area (Å²) in [7, 11) is -3.05. The molecule has 114 valence electrons. The molecule has 1 rings (SSSR count). The van der Waals surface area contributed by atoms with Gasteiger partial charge in [0, 0.05) is 38.3 Å². The van der Waals surface area contributed by atoms with Crippen molar-refractivity contribution in [3.05, 3.63) is 0 Å². The second-order valence-corrected chi connectivity index (χ2v) is 7.52. The third kappa shape index (κ3) is 4.15. The molecular formula is C13H29N3O2S. The maximum atomic E-state index is 11.5. The predicted octanol–water partition coefficient (Wildman–Crippen LogP) is 0.861. The van der Waals surface area contributed by atoms with E-state index in [4.69, 9.17) is 5.73 Å². The van der Waals surface area contributed by atoms with E-state index < -0.39 is 10.0 Å². The SMILES string of the molecule is CCCCC(CC)(CN)N1CCN(S(C)(=O)=O)CC1. The van der Waals surface area contributed by atoms with Gasteiger partial charge in [0.1, 0.15) is 0 Å². The lowest BCUT2D eigenvalue weighted by molar-refractivity contribution is 0.0473. The van der Waals surface area contributed by atoms with Crippen LogP contribution in [0, 0.1) is 0 Å². The minimum absolute atomic E-state index is 0.0552. The molecule has 0 radical (unpaired) electrons. The van der Waals surface area contributed by atoms with Gasteiger partial charge in [-0.3, -0.25) is 4.90 Å². The Kier molecular flexibility index (Phi) is 6.23. The van der Waals surface area contributed by atoms with Crippen LogP contribution in [0.2, 0.25) is 0 Å². The van der Waals surface area contributed by atoms with Crippen LogP contribution in [0.4, 0.5) is 0 Å². The van der Waals surface area contributed by atoms with Crippen LogP contribution in [-0.2, 0) is 10.0 Å². The van der Waals surface area contributed by atoms with Crippen molar-refractivity contribution in [2.75, 3.05) is 39.0 Å². The summed E-state index contributed by atoms with van der Waals surface area (Å²) in [5.41, 5.74) is 6.09. The van der Waals surface area contributed by atoms with Crippen molar-refractivity contribution < 1.29 is 8.42 Å². The molecule has 0 aliphatic carbocycles. The van der Waals surface area contributed by atoms with E-state index >= 15 is 0 Å². The topological polar surface area (TPSA) is 66.6 Å². The summed E-state index contributed by atoms with van der Waals surface area (Å²) in [6.45, 7) is 7.80. The minimum Gasteiger partial charge on any atom is -0.329 e. The number of rotatable bonds is 7. The number of unbranched alkanes of at least 4 members (excludes halogenated alkanes) is 1. The van der Waals surface area contributed by atoms with E-state index in [-0.39, 0.29) is 5.54 Å². The van der Waals surface area contributed by atoms with Crippen LogP contribution in [-0.4, -0.2) is 62.1 Å². The second kappa shape index (κ2) is 7.02. The molecule has 1 heterocycles. The van der Waals surface area contributed by atoms with Gasteiger partial charge in [0.15, 0.2) is 0 Å². The molecule has 0 saturated carbocycles. The third-order valence-corrected chi connectivity index (χ3v) is 5.72. The van der Waals surface area contributed by atoms with Gasteiger partial charge in [-0.1, -0.05) is 26.7 Å². The first-order valence-corrected chi connectivity index (χ1v) is 9.14. The summed E-state index contributed by atoms with van der Waals surface area (Å²) in [4.78, 5) is 2.41. The van der Waals surface area contributed by atoms with Crippen molar-refractivity contribution in [3.8, 4) is 0 Å². The van der Waals surface area contributed by atoms with Gasteiger partial charge in [-0.2, -0.15) is 4.31 Å². The van der Waals surface area contributed by atoms with Crippen LogP contribution < -0.4 is 5.73 Å². The summed E-state index contributed by atoms with van der Waals surface area (Å²) in [5.74, 6) is 0. The molecule has 0 aromatic heterocycles. The smallest absolute Gasteiger partial charge is 0.211 e. The van der Waals surface area contributed by atoms with Crippen molar-refractivity contribution >= 4 is 10.0 Å². The Morgan fingerprint density at radius 2 is 1.74 bits per heavy atom. The monoisotopic (exact) mass is 291 g/mol. The average molecular weight is 291 g/mol. The van der Waals surface area contributed by atoms with Crippen LogP contribution in [0.25, 0.3) is 0 Å². The maximum Gasteiger partial charge on any atom is 0.211 e. The van der Waals surface area contributed by atoms with Crippen LogP contribution in [0.3, 0.4) is 0 Å². The summed E-state index contributed by atoms with van der Waals surface area (Å²) in [5, 5.41) is 0. The molecule has 0 amide bonds. The van der Waals surface area contributed by atoms with E-state index in [0.717, 1.165) is 25.9 Å². The average Bonchev–Trinajstić information content (AvgIpc) is 2.40. The Morgan fingerprint density at radius 3 is 2.11 bits per heavy atom. The number of nitrogens with zero attached hydrogens (tertiary/aromatic N) is 2. The largest absolute Gasteiger partial charge is 0.329 e. The lowest BCUT2D eigenvalue weighted by Crippen LogP contribution is -2.60. The van der Waals surface area contributed by atoms with E-state index in [0.29, 0.717) is 19.6 Å². The molecule has 0 bridgehead atoms. The van der Waals surface area contributed by atoms with E-state index in [1.54, 1.807) is 4.31 Å². The number of piperazine rings is 1. The molecular weight excluding hydrogens is 262 g/mol. The lowest BCUT2D eigenvalue weighted by Gasteiger charge is -2.47. The van der Waals surface area contributed by atoms with E-state index in [1.807, 2.05) is 0 Å². The molecule has 1 saturated heterocycles. The van der Waals surface area contributed by atoms with E-state index in [9.17, 15) is 8.42 Å². The molecule has 19 heavy (non-hydrogen) atoms. The summed E-state index contributed by atoms with van der Waals surface area (Å²) < 4.78 is 24.6. The molecule has 1 fully saturated rings. The molecule has 2 N–H and O–H groups in total. The van der Waals surface area contributed by atoms with Gasteiger partial charge in [0.2, 0.25) is 10.0 Å². The summed E-state index contributed by atoms with van der Waals surface area (Å²) in [6, 6.07) is 0. The zero-order chi connectivity index (χ0) is 14.5. The standard InChI is InChI=1S/C13H29N3O2S/c1-4-6-7-13(5-2,12-14)15-8-10-16(11-9-15)19(3,17)18/h4-12,14H2,1-3H3.